The standard InChI is InChI=1S/C20H33N3O4/c1-15(2)26-9-4-8-22-19(24)20(6-3-7-21-14-20)12-17-11-18(23-27-17)16-5-10-25-13-16/h11,15-16,21H,3-10,12-14H2,1-2H3,(H,22,24)/t16-,20+/m0/s1. The van der Waals surface area contributed by atoms with Crippen LogP contribution in [-0.4, -0.2) is 56.6 Å². The summed E-state index contributed by atoms with van der Waals surface area (Å²) in [6.07, 6.45) is 4.45. The van der Waals surface area contributed by atoms with Crippen LogP contribution in [-0.2, 0) is 20.7 Å². The van der Waals surface area contributed by atoms with Gasteiger partial charge < -0.3 is 24.6 Å². The van der Waals surface area contributed by atoms with Crippen molar-refractivity contribution in [3.63, 3.8) is 0 Å². The van der Waals surface area contributed by atoms with E-state index in [1.54, 1.807) is 0 Å². The summed E-state index contributed by atoms with van der Waals surface area (Å²) in [4.78, 5) is 13.0. The molecule has 152 valence electrons. The molecule has 7 heteroatoms. The first-order chi connectivity index (χ1) is 13.1. The van der Waals surface area contributed by atoms with Crippen molar-refractivity contribution in [2.45, 2.75) is 58.0 Å². The molecular formula is C20H33N3O4. The van der Waals surface area contributed by atoms with Crippen molar-refractivity contribution >= 4 is 5.91 Å². The molecule has 27 heavy (non-hydrogen) atoms. The van der Waals surface area contributed by atoms with Crippen LogP contribution in [0.25, 0.3) is 0 Å². The molecule has 0 unspecified atom stereocenters. The minimum Gasteiger partial charge on any atom is -0.381 e. The molecule has 0 bridgehead atoms. The van der Waals surface area contributed by atoms with Crippen LogP contribution in [0.4, 0.5) is 0 Å². The SMILES string of the molecule is CC(C)OCCCNC(=O)[C@@]1(Cc2cc([C@H]3CCOC3)no2)CCCNC1. The molecule has 2 atom stereocenters. The van der Waals surface area contributed by atoms with Gasteiger partial charge in [-0.05, 0) is 46.1 Å². The van der Waals surface area contributed by atoms with Crippen LogP contribution in [0, 0.1) is 5.41 Å². The Morgan fingerprint density at radius 1 is 1.52 bits per heavy atom. The number of rotatable bonds is 9. The normalized spacial score (nSPS) is 25.8. The maximum Gasteiger partial charge on any atom is 0.227 e. The van der Waals surface area contributed by atoms with Crippen LogP contribution < -0.4 is 10.6 Å². The van der Waals surface area contributed by atoms with Gasteiger partial charge in [0.25, 0.3) is 0 Å². The molecule has 3 heterocycles. The van der Waals surface area contributed by atoms with Crippen LogP contribution in [0.15, 0.2) is 10.6 Å². The molecule has 2 aliphatic rings. The average molecular weight is 380 g/mol. The van der Waals surface area contributed by atoms with E-state index in [1.807, 2.05) is 19.9 Å². The number of piperidine rings is 1. The third kappa shape index (κ3) is 5.53. The summed E-state index contributed by atoms with van der Waals surface area (Å²) >= 11 is 0. The Balaban J connectivity index is 1.58. The third-order valence-electron chi connectivity index (χ3n) is 5.45. The maximum atomic E-state index is 13.0. The van der Waals surface area contributed by atoms with E-state index < -0.39 is 5.41 Å². The first-order valence-corrected chi connectivity index (χ1v) is 10.2. The fraction of sp³-hybridized carbons (Fsp3) is 0.800. The predicted octanol–water partition coefficient (Wildman–Crippen LogP) is 2.02. The van der Waals surface area contributed by atoms with Gasteiger partial charge in [0, 0.05) is 44.7 Å². The lowest BCUT2D eigenvalue weighted by Gasteiger charge is -2.35. The van der Waals surface area contributed by atoms with Gasteiger partial charge in [0.1, 0.15) is 5.76 Å². The van der Waals surface area contributed by atoms with E-state index in [-0.39, 0.29) is 12.0 Å². The number of hydrogen-bond donors (Lipinski definition) is 2. The molecule has 2 saturated heterocycles. The van der Waals surface area contributed by atoms with E-state index in [1.165, 1.54) is 0 Å². The van der Waals surface area contributed by atoms with Crippen molar-refractivity contribution in [1.82, 2.24) is 15.8 Å². The Bertz CT molecular complexity index is 590. The zero-order valence-corrected chi connectivity index (χ0v) is 16.6. The van der Waals surface area contributed by atoms with Crippen LogP contribution in [0.5, 0.6) is 0 Å². The third-order valence-corrected chi connectivity index (χ3v) is 5.45. The summed E-state index contributed by atoms with van der Waals surface area (Å²) in [5, 5.41) is 10.7. The lowest BCUT2D eigenvalue weighted by molar-refractivity contribution is -0.132. The van der Waals surface area contributed by atoms with E-state index >= 15 is 0 Å². The number of carbonyl (C=O) groups excluding carboxylic acids is 1. The largest absolute Gasteiger partial charge is 0.381 e. The number of ether oxygens (including phenoxy) is 2. The molecule has 2 aliphatic heterocycles. The van der Waals surface area contributed by atoms with Gasteiger partial charge in [0.15, 0.2) is 0 Å². The molecular weight excluding hydrogens is 346 g/mol. The zero-order chi connectivity index (χ0) is 19.1. The molecule has 1 aromatic rings. The summed E-state index contributed by atoms with van der Waals surface area (Å²) in [5.74, 6) is 1.21. The number of aromatic nitrogens is 1. The van der Waals surface area contributed by atoms with E-state index in [0.717, 1.165) is 50.3 Å². The molecule has 2 N–H and O–H groups in total. The first-order valence-electron chi connectivity index (χ1n) is 10.2. The van der Waals surface area contributed by atoms with Gasteiger partial charge in [-0.3, -0.25) is 4.79 Å². The second kappa shape index (κ2) is 9.66. The van der Waals surface area contributed by atoms with Gasteiger partial charge in [-0.1, -0.05) is 5.16 Å². The van der Waals surface area contributed by atoms with E-state index in [4.69, 9.17) is 14.0 Å². The van der Waals surface area contributed by atoms with Crippen molar-refractivity contribution in [3.05, 3.63) is 17.5 Å². The highest BCUT2D eigenvalue weighted by molar-refractivity contribution is 5.83. The lowest BCUT2D eigenvalue weighted by Crippen LogP contribution is -2.52. The molecule has 0 aromatic carbocycles. The highest BCUT2D eigenvalue weighted by Crippen LogP contribution is 2.33. The maximum absolute atomic E-state index is 13.0. The lowest BCUT2D eigenvalue weighted by atomic mass is 9.76. The molecule has 1 amide bonds. The van der Waals surface area contributed by atoms with Gasteiger partial charge in [-0.25, -0.2) is 0 Å². The van der Waals surface area contributed by atoms with Crippen molar-refractivity contribution in [2.75, 3.05) is 39.5 Å². The van der Waals surface area contributed by atoms with Crippen molar-refractivity contribution < 1.29 is 18.8 Å². The number of hydrogen-bond acceptors (Lipinski definition) is 6. The fourth-order valence-electron chi connectivity index (χ4n) is 3.88. The Labute approximate surface area is 161 Å². The Hall–Kier alpha value is -1.44. The highest BCUT2D eigenvalue weighted by atomic mass is 16.5. The van der Waals surface area contributed by atoms with E-state index in [0.29, 0.717) is 38.6 Å². The zero-order valence-electron chi connectivity index (χ0n) is 16.6. The van der Waals surface area contributed by atoms with Crippen molar-refractivity contribution in [1.29, 1.82) is 0 Å². The van der Waals surface area contributed by atoms with Crippen LogP contribution in [0.3, 0.4) is 0 Å². The van der Waals surface area contributed by atoms with Gasteiger partial charge in [-0.2, -0.15) is 0 Å². The smallest absolute Gasteiger partial charge is 0.227 e. The number of amides is 1. The second-order valence-electron chi connectivity index (χ2n) is 8.05. The summed E-state index contributed by atoms with van der Waals surface area (Å²) in [7, 11) is 0. The van der Waals surface area contributed by atoms with Crippen molar-refractivity contribution in [3.8, 4) is 0 Å². The van der Waals surface area contributed by atoms with Crippen molar-refractivity contribution in [2.24, 2.45) is 5.41 Å². The summed E-state index contributed by atoms with van der Waals surface area (Å²) < 4.78 is 16.6. The van der Waals surface area contributed by atoms with E-state index in [9.17, 15) is 4.79 Å². The van der Waals surface area contributed by atoms with Gasteiger partial charge >= 0.3 is 0 Å². The summed E-state index contributed by atoms with van der Waals surface area (Å²) in [6.45, 7) is 8.45. The Morgan fingerprint density at radius 3 is 3.11 bits per heavy atom. The van der Waals surface area contributed by atoms with Gasteiger partial charge in [-0.15, -0.1) is 0 Å². The molecule has 0 spiro atoms. The van der Waals surface area contributed by atoms with Gasteiger partial charge in [0.2, 0.25) is 5.91 Å². The number of carbonyl (C=O) groups is 1. The second-order valence-corrected chi connectivity index (χ2v) is 8.05. The minimum atomic E-state index is -0.472. The molecule has 1 aromatic heterocycles. The summed E-state index contributed by atoms with van der Waals surface area (Å²) in [6, 6.07) is 2.01. The molecule has 7 nitrogen and oxygen atoms in total. The fourth-order valence-corrected chi connectivity index (χ4v) is 3.88. The summed E-state index contributed by atoms with van der Waals surface area (Å²) in [5.41, 5.74) is 0.479. The van der Waals surface area contributed by atoms with Crippen LogP contribution in [0.1, 0.15) is 56.9 Å². The number of nitrogens with one attached hydrogen (secondary N) is 2. The van der Waals surface area contributed by atoms with E-state index in [2.05, 4.69) is 15.8 Å². The monoisotopic (exact) mass is 379 g/mol. The molecule has 2 fully saturated rings. The number of nitrogens with zero attached hydrogens (tertiary/aromatic N) is 1. The molecule has 0 saturated carbocycles. The molecule has 0 radical (unpaired) electrons. The average Bonchev–Trinajstić information content (AvgIpc) is 3.33. The molecule has 3 rings (SSSR count). The minimum absolute atomic E-state index is 0.0985. The van der Waals surface area contributed by atoms with Crippen LogP contribution in [0.2, 0.25) is 0 Å². The topological polar surface area (TPSA) is 85.6 Å². The van der Waals surface area contributed by atoms with Crippen LogP contribution >= 0.6 is 0 Å². The highest BCUT2D eigenvalue weighted by Gasteiger charge is 2.40. The quantitative estimate of drug-likeness (QED) is 0.639. The molecule has 0 aliphatic carbocycles. The van der Waals surface area contributed by atoms with Gasteiger partial charge in [0.05, 0.1) is 23.8 Å². The Morgan fingerprint density at radius 2 is 2.41 bits per heavy atom. The first kappa shape index (κ1) is 20.3. The predicted molar refractivity (Wildman–Crippen MR) is 102 cm³/mol. The Kier molecular flexibility index (Phi) is 7.26.